The lowest BCUT2D eigenvalue weighted by Crippen LogP contribution is -2.06. The lowest BCUT2D eigenvalue weighted by Gasteiger charge is -2.18. The van der Waals surface area contributed by atoms with E-state index < -0.39 is 0 Å². The number of fused-ring (bicyclic) bond motifs is 1. The van der Waals surface area contributed by atoms with Gasteiger partial charge >= 0.3 is 0 Å². The molecule has 1 N–H and O–H groups in total. The molecule has 1 saturated carbocycles. The Morgan fingerprint density at radius 3 is 3.00 bits per heavy atom. The molecule has 1 fully saturated rings. The Bertz CT molecular complexity index is 759. The van der Waals surface area contributed by atoms with Crippen LogP contribution in [0.25, 0.3) is 0 Å². The predicted octanol–water partition coefficient (Wildman–Crippen LogP) is 4.39. The molecule has 2 heterocycles. The Morgan fingerprint density at radius 2 is 2.17 bits per heavy atom. The molecule has 126 valence electrons. The van der Waals surface area contributed by atoms with Crippen molar-refractivity contribution in [3.63, 3.8) is 0 Å². The minimum Gasteiger partial charge on any atom is -0.493 e. The highest BCUT2D eigenvalue weighted by molar-refractivity contribution is 5.40. The Morgan fingerprint density at radius 1 is 1.25 bits per heavy atom. The third kappa shape index (κ3) is 3.12. The number of benzene rings is 1. The zero-order valence-corrected chi connectivity index (χ0v) is 14.3. The summed E-state index contributed by atoms with van der Waals surface area (Å²) in [5, 5.41) is 0. The Hall–Kier alpha value is -2.03. The van der Waals surface area contributed by atoms with Crippen molar-refractivity contribution in [1.29, 1.82) is 0 Å². The van der Waals surface area contributed by atoms with Crippen LogP contribution in [0.5, 0.6) is 5.75 Å². The molecule has 2 aromatic rings. The molecule has 0 spiro atoms. The molecule has 0 saturated heterocycles. The summed E-state index contributed by atoms with van der Waals surface area (Å²) in [6.45, 7) is 3.18. The van der Waals surface area contributed by atoms with E-state index in [2.05, 4.69) is 30.1 Å². The molecule has 1 aliphatic heterocycles. The molecule has 0 amide bonds. The van der Waals surface area contributed by atoms with E-state index in [0.717, 1.165) is 24.7 Å². The number of H-pyrrole nitrogens is 1. The second-order valence-electron chi connectivity index (χ2n) is 7.46. The highest BCUT2D eigenvalue weighted by Crippen LogP contribution is 2.42. The van der Waals surface area contributed by atoms with Gasteiger partial charge in [-0.1, -0.05) is 25.1 Å². The summed E-state index contributed by atoms with van der Waals surface area (Å²) in [6.07, 6.45) is 7.97. The van der Waals surface area contributed by atoms with Gasteiger partial charge in [-0.2, -0.15) is 0 Å². The van der Waals surface area contributed by atoms with Gasteiger partial charge in [-0.05, 0) is 66.2 Å². The van der Waals surface area contributed by atoms with Crippen LogP contribution < -0.4 is 10.3 Å². The minimum atomic E-state index is -0.0116. The quantitative estimate of drug-likeness (QED) is 0.907. The van der Waals surface area contributed by atoms with Gasteiger partial charge in [0.25, 0.3) is 0 Å². The average Bonchev–Trinajstić information content (AvgIpc) is 3.24. The fourth-order valence-corrected chi connectivity index (χ4v) is 4.42. The van der Waals surface area contributed by atoms with Gasteiger partial charge in [0.2, 0.25) is 5.56 Å². The number of hydrogen-bond acceptors (Lipinski definition) is 2. The fourth-order valence-electron chi connectivity index (χ4n) is 4.42. The highest BCUT2D eigenvalue weighted by atomic mass is 16.5. The van der Waals surface area contributed by atoms with Gasteiger partial charge in [-0.25, -0.2) is 0 Å². The van der Waals surface area contributed by atoms with Gasteiger partial charge < -0.3 is 9.72 Å². The summed E-state index contributed by atoms with van der Waals surface area (Å²) in [4.78, 5) is 14.0. The van der Waals surface area contributed by atoms with Crippen molar-refractivity contribution in [2.24, 2.45) is 5.92 Å². The van der Waals surface area contributed by atoms with E-state index in [1.165, 1.54) is 42.4 Å². The van der Waals surface area contributed by atoms with E-state index >= 15 is 0 Å². The Labute approximate surface area is 143 Å². The van der Waals surface area contributed by atoms with Crippen LogP contribution in [0.2, 0.25) is 0 Å². The van der Waals surface area contributed by atoms with Gasteiger partial charge in [-0.15, -0.1) is 0 Å². The van der Waals surface area contributed by atoms with E-state index in [1.807, 2.05) is 12.3 Å². The zero-order chi connectivity index (χ0) is 16.5. The van der Waals surface area contributed by atoms with Crippen LogP contribution >= 0.6 is 0 Å². The van der Waals surface area contributed by atoms with Crippen molar-refractivity contribution in [3.8, 4) is 5.75 Å². The molecule has 2 aliphatic rings. The maximum Gasteiger partial charge on any atom is 0.247 e. The first-order valence-electron chi connectivity index (χ1n) is 9.13. The molecule has 1 aliphatic carbocycles. The van der Waals surface area contributed by atoms with Crippen LogP contribution in [-0.2, 0) is 6.42 Å². The number of aromatic nitrogens is 1. The summed E-state index contributed by atoms with van der Waals surface area (Å²) in [7, 11) is 0. The van der Waals surface area contributed by atoms with Crippen molar-refractivity contribution in [2.45, 2.75) is 50.9 Å². The number of ether oxygens (including phenoxy) is 1. The maximum absolute atomic E-state index is 11.2. The highest BCUT2D eigenvalue weighted by Gasteiger charge is 2.27. The van der Waals surface area contributed by atoms with E-state index in [1.54, 1.807) is 6.07 Å². The molecule has 3 atom stereocenters. The third-order valence-corrected chi connectivity index (χ3v) is 5.79. The number of nitrogens with one attached hydrogen (secondary N) is 1. The smallest absolute Gasteiger partial charge is 0.247 e. The van der Waals surface area contributed by atoms with Crippen LogP contribution in [0.4, 0.5) is 0 Å². The molecule has 24 heavy (non-hydrogen) atoms. The number of aromatic amines is 1. The van der Waals surface area contributed by atoms with Gasteiger partial charge in [0.1, 0.15) is 5.75 Å². The monoisotopic (exact) mass is 323 g/mol. The van der Waals surface area contributed by atoms with E-state index in [9.17, 15) is 4.79 Å². The SMILES string of the molecule is C[C@@H](CC1CC[C@H](c2ccc(=O)[nH]c2)C1)c1ccc2c(c1)CCO2. The van der Waals surface area contributed by atoms with Gasteiger partial charge in [-0.3, -0.25) is 4.79 Å². The molecular weight excluding hydrogens is 298 g/mol. The molecular formula is C21H25NO2. The molecule has 0 bridgehead atoms. The van der Waals surface area contributed by atoms with Crippen LogP contribution in [-0.4, -0.2) is 11.6 Å². The summed E-state index contributed by atoms with van der Waals surface area (Å²) < 4.78 is 5.61. The number of hydrogen-bond donors (Lipinski definition) is 1. The molecule has 3 nitrogen and oxygen atoms in total. The lowest BCUT2D eigenvalue weighted by atomic mass is 9.87. The second-order valence-corrected chi connectivity index (χ2v) is 7.46. The fraction of sp³-hybridized carbons (Fsp3) is 0.476. The molecule has 1 aromatic heterocycles. The Balaban J connectivity index is 1.39. The normalized spacial score (nSPS) is 23.7. The molecule has 3 heteroatoms. The molecule has 1 aromatic carbocycles. The van der Waals surface area contributed by atoms with Gasteiger partial charge in [0.15, 0.2) is 0 Å². The van der Waals surface area contributed by atoms with Crippen molar-refractivity contribution in [1.82, 2.24) is 4.98 Å². The summed E-state index contributed by atoms with van der Waals surface area (Å²) in [5.74, 6) is 3.05. The van der Waals surface area contributed by atoms with Gasteiger partial charge in [0.05, 0.1) is 6.61 Å². The summed E-state index contributed by atoms with van der Waals surface area (Å²) in [5.41, 5.74) is 4.10. The van der Waals surface area contributed by atoms with E-state index in [-0.39, 0.29) is 5.56 Å². The van der Waals surface area contributed by atoms with Gasteiger partial charge in [0, 0.05) is 18.7 Å². The summed E-state index contributed by atoms with van der Waals surface area (Å²) >= 11 is 0. The van der Waals surface area contributed by atoms with E-state index in [4.69, 9.17) is 4.74 Å². The standard InChI is InChI=1S/C21H25NO2/c1-14(16-4-6-20-18(12-16)8-9-24-20)10-15-2-3-17(11-15)19-5-7-21(23)22-13-19/h4-7,12-15,17H,2-3,8-11H2,1H3,(H,22,23)/t14-,15?,17-/m0/s1. The molecule has 4 rings (SSSR count). The van der Waals surface area contributed by atoms with Crippen molar-refractivity contribution in [2.75, 3.05) is 6.61 Å². The Kier molecular flexibility index (Phi) is 4.17. The van der Waals surface area contributed by atoms with Crippen molar-refractivity contribution < 1.29 is 4.74 Å². The maximum atomic E-state index is 11.2. The largest absolute Gasteiger partial charge is 0.493 e. The van der Waals surface area contributed by atoms with Crippen LogP contribution in [0.3, 0.4) is 0 Å². The summed E-state index contributed by atoms with van der Waals surface area (Å²) in [6, 6.07) is 10.4. The number of rotatable bonds is 4. The van der Waals surface area contributed by atoms with Crippen molar-refractivity contribution >= 4 is 0 Å². The second kappa shape index (κ2) is 6.46. The van der Waals surface area contributed by atoms with Crippen molar-refractivity contribution in [3.05, 3.63) is 63.6 Å². The molecule has 0 radical (unpaired) electrons. The van der Waals surface area contributed by atoms with Crippen LogP contribution in [0.15, 0.2) is 41.3 Å². The first kappa shape index (κ1) is 15.5. The lowest BCUT2D eigenvalue weighted by molar-refractivity contribution is 0.356. The topological polar surface area (TPSA) is 42.1 Å². The average molecular weight is 323 g/mol. The van der Waals surface area contributed by atoms with Crippen LogP contribution in [0.1, 0.15) is 61.1 Å². The predicted molar refractivity (Wildman–Crippen MR) is 95.8 cm³/mol. The zero-order valence-electron chi connectivity index (χ0n) is 14.3. The van der Waals surface area contributed by atoms with Crippen LogP contribution in [0, 0.1) is 5.92 Å². The number of pyridine rings is 1. The first-order chi connectivity index (χ1) is 11.7. The minimum absolute atomic E-state index is 0.0116. The molecule has 1 unspecified atom stereocenters. The first-order valence-corrected chi connectivity index (χ1v) is 9.13. The van der Waals surface area contributed by atoms with E-state index in [0.29, 0.717) is 11.8 Å². The third-order valence-electron chi connectivity index (χ3n) is 5.79.